The molecular weight excluding hydrogens is 188 g/mol. The quantitative estimate of drug-likeness (QED) is 0.804. The second-order valence-corrected chi connectivity index (χ2v) is 4.16. The fraction of sp³-hybridized carbons (Fsp3) is 0.500. The number of pyridine rings is 1. The molecule has 0 atom stereocenters. The van der Waals surface area contributed by atoms with Gasteiger partial charge in [-0.1, -0.05) is 12.8 Å². The van der Waals surface area contributed by atoms with Crippen molar-refractivity contribution < 1.29 is 4.79 Å². The van der Waals surface area contributed by atoms with E-state index in [4.69, 9.17) is 0 Å². The summed E-state index contributed by atoms with van der Waals surface area (Å²) in [5.74, 6) is 0.365. The highest BCUT2D eigenvalue weighted by Crippen LogP contribution is 2.25. The van der Waals surface area contributed by atoms with Crippen molar-refractivity contribution in [3.8, 4) is 0 Å². The Morgan fingerprint density at radius 1 is 1.40 bits per heavy atom. The molecule has 0 spiro atoms. The van der Waals surface area contributed by atoms with Crippen molar-refractivity contribution >= 4 is 11.6 Å². The molecule has 0 unspecified atom stereocenters. The third kappa shape index (κ3) is 2.55. The smallest absolute Gasteiger partial charge is 0.227 e. The number of anilines is 1. The monoisotopic (exact) mass is 204 g/mol. The van der Waals surface area contributed by atoms with E-state index < -0.39 is 0 Å². The van der Waals surface area contributed by atoms with E-state index in [2.05, 4.69) is 10.3 Å². The van der Waals surface area contributed by atoms with Crippen LogP contribution in [-0.2, 0) is 4.79 Å². The van der Waals surface area contributed by atoms with Crippen LogP contribution in [0.15, 0.2) is 18.3 Å². The van der Waals surface area contributed by atoms with E-state index in [0.717, 1.165) is 24.2 Å². The maximum absolute atomic E-state index is 11.8. The summed E-state index contributed by atoms with van der Waals surface area (Å²) < 4.78 is 0. The lowest BCUT2D eigenvalue weighted by Gasteiger charge is -2.09. The second kappa shape index (κ2) is 4.43. The molecule has 80 valence electrons. The molecule has 1 aromatic rings. The van der Waals surface area contributed by atoms with Gasteiger partial charge in [-0.25, -0.2) is 0 Å². The second-order valence-electron chi connectivity index (χ2n) is 4.16. The van der Waals surface area contributed by atoms with Crippen LogP contribution in [0.4, 0.5) is 5.69 Å². The number of carbonyl (C=O) groups excluding carboxylic acids is 1. The first-order chi connectivity index (χ1) is 7.25. The molecule has 0 bridgehead atoms. The van der Waals surface area contributed by atoms with Crippen molar-refractivity contribution in [1.82, 2.24) is 4.98 Å². The highest BCUT2D eigenvalue weighted by atomic mass is 16.1. The fourth-order valence-electron chi connectivity index (χ4n) is 1.97. The summed E-state index contributed by atoms with van der Waals surface area (Å²) in [5.41, 5.74) is 1.77. The molecule has 0 aromatic carbocycles. The SMILES string of the molecule is Cc1ccc(NC(=O)C2CCCC2)cn1. The van der Waals surface area contributed by atoms with Gasteiger partial charge in [0.15, 0.2) is 0 Å². The van der Waals surface area contributed by atoms with Gasteiger partial charge in [-0.05, 0) is 31.9 Å². The number of carbonyl (C=O) groups is 1. The van der Waals surface area contributed by atoms with Gasteiger partial charge in [-0.15, -0.1) is 0 Å². The Morgan fingerprint density at radius 2 is 2.13 bits per heavy atom. The Balaban J connectivity index is 1.96. The molecule has 0 radical (unpaired) electrons. The first-order valence-electron chi connectivity index (χ1n) is 5.49. The summed E-state index contributed by atoms with van der Waals surface area (Å²) in [7, 11) is 0. The van der Waals surface area contributed by atoms with Gasteiger partial charge in [0.25, 0.3) is 0 Å². The number of hydrogen-bond donors (Lipinski definition) is 1. The molecule has 1 aliphatic carbocycles. The topological polar surface area (TPSA) is 42.0 Å². The highest BCUT2D eigenvalue weighted by molar-refractivity contribution is 5.92. The van der Waals surface area contributed by atoms with Crippen LogP contribution in [0.3, 0.4) is 0 Å². The van der Waals surface area contributed by atoms with Crippen LogP contribution < -0.4 is 5.32 Å². The number of nitrogens with zero attached hydrogens (tertiary/aromatic N) is 1. The Morgan fingerprint density at radius 3 is 2.73 bits per heavy atom. The maximum atomic E-state index is 11.8. The number of aryl methyl sites for hydroxylation is 1. The lowest BCUT2D eigenvalue weighted by molar-refractivity contribution is -0.119. The molecule has 3 nitrogen and oxygen atoms in total. The van der Waals surface area contributed by atoms with Crippen molar-refractivity contribution in [3.05, 3.63) is 24.0 Å². The molecule has 0 aliphatic heterocycles. The van der Waals surface area contributed by atoms with E-state index >= 15 is 0 Å². The van der Waals surface area contributed by atoms with Crippen molar-refractivity contribution in [2.24, 2.45) is 5.92 Å². The molecular formula is C12H16N2O. The first-order valence-corrected chi connectivity index (χ1v) is 5.49. The molecule has 1 aromatic heterocycles. The number of hydrogen-bond acceptors (Lipinski definition) is 2. The van der Waals surface area contributed by atoms with E-state index in [1.807, 2.05) is 19.1 Å². The highest BCUT2D eigenvalue weighted by Gasteiger charge is 2.22. The number of amides is 1. The maximum Gasteiger partial charge on any atom is 0.227 e. The zero-order chi connectivity index (χ0) is 10.7. The number of rotatable bonds is 2. The van der Waals surface area contributed by atoms with Crippen molar-refractivity contribution in [1.29, 1.82) is 0 Å². The van der Waals surface area contributed by atoms with Gasteiger partial charge >= 0.3 is 0 Å². The van der Waals surface area contributed by atoms with Crippen LogP contribution in [0.1, 0.15) is 31.4 Å². The molecule has 1 saturated carbocycles. The molecule has 0 saturated heterocycles. The van der Waals surface area contributed by atoms with E-state index in [1.165, 1.54) is 12.8 Å². The molecule has 3 heteroatoms. The molecule has 2 rings (SSSR count). The van der Waals surface area contributed by atoms with Gasteiger partial charge < -0.3 is 5.32 Å². The van der Waals surface area contributed by atoms with Crippen LogP contribution in [-0.4, -0.2) is 10.9 Å². The van der Waals surface area contributed by atoms with Gasteiger partial charge in [0.1, 0.15) is 0 Å². The minimum Gasteiger partial charge on any atom is -0.324 e. The van der Waals surface area contributed by atoms with Crippen LogP contribution in [0.25, 0.3) is 0 Å². The number of aromatic nitrogens is 1. The average Bonchev–Trinajstić information content (AvgIpc) is 2.74. The van der Waals surface area contributed by atoms with E-state index in [9.17, 15) is 4.79 Å². The molecule has 15 heavy (non-hydrogen) atoms. The summed E-state index contributed by atoms with van der Waals surface area (Å²) >= 11 is 0. The van der Waals surface area contributed by atoms with Gasteiger partial charge in [0.05, 0.1) is 11.9 Å². The van der Waals surface area contributed by atoms with E-state index in [-0.39, 0.29) is 11.8 Å². The molecule has 1 fully saturated rings. The zero-order valence-corrected chi connectivity index (χ0v) is 8.99. The zero-order valence-electron chi connectivity index (χ0n) is 8.99. The van der Waals surface area contributed by atoms with Crippen LogP contribution in [0, 0.1) is 12.8 Å². The summed E-state index contributed by atoms with van der Waals surface area (Å²) in [5, 5.41) is 2.91. The Kier molecular flexibility index (Phi) is 2.99. The van der Waals surface area contributed by atoms with Gasteiger partial charge in [0.2, 0.25) is 5.91 Å². The Hall–Kier alpha value is -1.38. The Bertz CT molecular complexity index is 339. The van der Waals surface area contributed by atoms with Crippen molar-refractivity contribution in [2.75, 3.05) is 5.32 Å². The van der Waals surface area contributed by atoms with E-state index in [1.54, 1.807) is 6.20 Å². The summed E-state index contributed by atoms with van der Waals surface area (Å²) in [6.07, 6.45) is 6.15. The largest absolute Gasteiger partial charge is 0.324 e. The summed E-state index contributed by atoms with van der Waals surface area (Å²) in [4.78, 5) is 15.9. The standard InChI is InChI=1S/C12H16N2O/c1-9-6-7-11(8-13-9)14-12(15)10-4-2-3-5-10/h6-8,10H,2-5H2,1H3,(H,14,15). The van der Waals surface area contributed by atoms with Crippen molar-refractivity contribution in [3.63, 3.8) is 0 Å². The van der Waals surface area contributed by atoms with Crippen LogP contribution in [0.5, 0.6) is 0 Å². The summed E-state index contributed by atoms with van der Waals surface area (Å²) in [6.45, 7) is 1.93. The molecule has 1 N–H and O–H groups in total. The number of nitrogens with one attached hydrogen (secondary N) is 1. The average molecular weight is 204 g/mol. The fourth-order valence-corrected chi connectivity index (χ4v) is 1.97. The normalized spacial score (nSPS) is 16.6. The van der Waals surface area contributed by atoms with Crippen LogP contribution >= 0.6 is 0 Å². The lowest BCUT2D eigenvalue weighted by atomic mass is 10.1. The predicted molar refractivity (Wildman–Crippen MR) is 59.6 cm³/mol. The Labute approximate surface area is 89.9 Å². The first kappa shape index (κ1) is 10.1. The van der Waals surface area contributed by atoms with Crippen molar-refractivity contribution in [2.45, 2.75) is 32.6 Å². The molecule has 1 heterocycles. The third-order valence-electron chi connectivity index (χ3n) is 2.90. The minimum absolute atomic E-state index is 0.151. The van der Waals surface area contributed by atoms with Crippen LogP contribution in [0.2, 0.25) is 0 Å². The predicted octanol–water partition coefficient (Wildman–Crippen LogP) is 2.52. The molecule has 1 amide bonds. The van der Waals surface area contributed by atoms with Gasteiger partial charge in [0, 0.05) is 11.6 Å². The molecule has 1 aliphatic rings. The minimum atomic E-state index is 0.151. The van der Waals surface area contributed by atoms with Gasteiger partial charge in [-0.2, -0.15) is 0 Å². The summed E-state index contributed by atoms with van der Waals surface area (Å²) in [6, 6.07) is 3.81. The van der Waals surface area contributed by atoms with Gasteiger partial charge in [-0.3, -0.25) is 9.78 Å². The third-order valence-corrected chi connectivity index (χ3v) is 2.90. The lowest BCUT2D eigenvalue weighted by Crippen LogP contribution is -2.20. The van der Waals surface area contributed by atoms with E-state index in [0.29, 0.717) is 0 Å².